The Bertz CT molecular complexity index is 627. The van der Waals surface area contributed by atoms with E-state index in [1.807, 2.05) is 0 Å². The van der Waals surface area contributed by atoms with E-state index in [1.54, 1.807) is 0 Å². The molecule has 1 aromatic rings. The van der Waals surface area contributed by atoms with Crippen LogP contribution in [0.4, 0.5) is 14.5 Å². The van der Waals surface area contributed by atoms with Gasteiger partial charge in [0.1, 0.15) is 0 Å². The van der Waals surface area contributed by atoms with Crippen LogP contribution in [0.2, 0.25) is 5.02 Å². The van der Waals surface area contributed by atoms with Crippen molar-refractivity contribution in [1.29, 1.82) is 0 Å². The van der Waals surface area contributed by atoms with E-state index in [0.717, 1.165) is 0 Å². The molecule has 0 saturated carbocycles. The molecule has 1 aromatic carbocycles. The average Bonchev–Trinajstić information content (AvgIpc) is 2.32. The van der Waals surface area contributed by atoms with Crippen molar-refractivity contribution < 1.29 is 21.9 Å². The third kappa shape index (κ3) is 4.69. The summed E-state index contributed by atoms with van der Waals surface area (Å²) in [4.78, 5) is 0. The number of ether oxygens (including phenoxy) is 1. The van der Waals surface area contributed by atoms with Crippen LogP contribution >= 0.6 is 27.5 Å². The second-order valence-electron chi connectivity index (χ2n) is 4.74. The van der Waals surface area contributed by atoms with E-state index >= 15 is 0 Å². The number of benzene rings is 1. The van der Waals surface area contributed by atoms with Crippen molar-refractivity contribution in [1.82, 2.24) is 0 Å². The molecule has 2 rings (SSSR count). The maximum atomic E-state index is 12.5. The van der Waals surface area contributed by atoms with Crippen molar-refractivity contribution in [2.45, 2.75) is 25.5 Å². The van der Waals surface area contributed by atoms with Crippen LogP contribution < -0.4 is 10.1 Å². The number of alkyl halides is 2. The Labute approximate surface area is 134 Å². The third-order valence-electron chi connectivity index (χ3n) is 3.04. The first-order valence-electron chi connectivity index (χ1n) is 6.17. The number of hydrogen-bond donors (Lipinski definition) is 1. The fourth-order valence-electron chi connectivity index (χ4n) is 2.23. The number of anilines is 1. The van der Waals surface area contributed by atoms with Gasteiger partial charge in [-0.1, -0.05) is 11.6 Å². The van der Waals surface area contributed by atoms with Crippen molar-refractivity contribution >= 4 is 43.1 Å². The normalized spacial score (nSPS) is 21.3. The Hall–Kier alpha value is -0.600. The quantitative estimate of drug-likeness (QED) is 0.831. The Kier molecular flexibility index (Phi) is 5.32. The SMILES string of the molecule is O=S1(=O)CCCC(Nc2cc(Cl)cc(Br)c2OC(F)F)C1. The van der Waals surface area contributed by atoms with E-state index in [4.69, 9.17) is 11.6 Å². The van der Waals surface area contributed by atoms with Crippen LogP contribution in [0.3, 0.4) is 0 Å². The minimum absolute atomic E-state index is 0.0365. The molecule has 1 aliphatic rings. The van der Waals surface area contributed by atoms with Gasteiger partial charge in [0.05, 0.1) is 21.7 Å². The van der Waals surface area contributed by atoms with Gasteiger partial charge >= 0.3 is 6.61 Å². The van der Waals surface area contributed by atoms with E-state index in [9.17, 15) is 17.2 Å². The van der Waals surface area contributed by atoms with Crippen LogP contribution in [0.1, 0.15) is 12.8 Å². The molecule has 0 aliphatic carbocycles. The van der Waals surface area contributed by atoms with Crippen LogP contribution in [0.25, 0.3) is 0 Å². The molecule has 9 heteroatoms. The lowest BCUT2D eigenvalue weighted by molar-refractivity contribution is -0.0498. The molecule has 0 aromatic heterocycles. The summed E-state index contributed by atoms with van der Waals surface area (Å²) in [7, 11) is -3.10. The zero-order valence-corrected chi connectivity index (χ0v) is 13.9. The van der Waals surface area contributed by atoms with Crippen LogP contribution in [-0.4, -0.2) is 32.6 Å². The highest BCUT2D eigenvalue weighted by molar-refractivity contribution is 9.10. The van der Waals surface area contributed by atoms with Gasteiger partial charge in [-0.25, -0.2) is 8.42 Å². The van der Waals surface area contributed by atoms with E-state index in [2.05, 4.69) is 26.0 Å². The zero-order valence-electron chi connectivity index (χ0n) is 10.8. The molecule has 0 spiro atoms. The third-order valence-corrected chi connectivity index (χ3v) is 5.67. The van der Waals surface area contributed by atoms with Gasteiger partial charge in [0.25, 0.3) is 0 Å². The van der Waals surface area contributed by atoms with E-state index < -0.39 is 16.4 Å². The highest BCUT2D eigenvalue weighted by Gasteiger charge is 2.26. The number of halogens is 4. The van der Waals surface area contributed by atoms with Crippen LogP contribution in [0.5, 0.6) is 5.75 Å². The molecular formula is C12H13BrClF2NO3S. The Balaban J connectivity index is 2.26. The smallest absolute Gasteiger partial charge is 0.387 e. The number of sulfone groups is 1. The summed E-state index contributed by atoms with van der Waals surface area (Å²) in [6.07, 6.45) is 1.17. The first kappa shape index (κ1) is 16.8. The van der Waals surface area contributed by atoms with Gasteiger partial charge in [-0.15, -0.1) is 0 Å². The summed E-state index contributed by atoms with van der Waals surface area (Å²) in [5.74, 6) is 0.0353. The van der Waals surface area contributed by atoms with Gasteiger partial charge in [-0.05, 0) is 40.9 Å². The molecule has 4 nitrogen and oxygen atoms in total. The van der Waals surface area contributed by atoms with Gasteiger partial charge in [0.2, 0.25) is 0 Å². The molecular weight excluding hydrogens is 392 g/mol. The number of rotatable bonds is 4. The molecule has 21 heavy (non-hydrogen) atoms. The lowest BCUT2D eigenvalue weighted by Gasteiger charge is -2.25. The molecule has 1 unspecified atom stereocenters. The van der Waals surface area contributed by atoms with Crippen molar-refractivity contribution in [3.05, 3.63) is 21.6 Å². The zero-order chi connectivity index (χ0) is 15.6. The summed E-state index contributed by atoms with van der Waals surface area (Å²) in [6, 6.07) is 2.52. The monoisotopic (exact) mass is 403 g/mol. The fourth-order valence-corrected chi connectivity index (χ4v) is 4.77. The molecule has 1 fully saturated rings. The minimum Gasteiger partial charge on any atom is -0.431 e. The lowest BCUT2D eigenvalue weighted by atomic mass is 10.1. The average molecular weight is 405 g/mol. The largest absolute Gasteiger partial charge is 0.431 e. The van der Waals surface area contributed by atoms with Crippen LogP contribution in [-0.2, 0) is 9.84 Å². The first-order chi connectivity index (χ1) is 9.77. The Morgan fingerprint density at radius 3 is 2.76 bits per heavy atom. The maximum Gasteiger partial charge on any atom is 0.387 e. The standard InChI is InChI=1S/C12H13BrClF2NO3S/c13-9-4-7(14)5-10(11(9)20-12(15)16)17-8-2-1-3-21(18,19)6-8/h4-5,8,12,17H,1-3,6H2. The summed E-state index contributed by atoms with van der Waals surface area (Å²) in [5.41, 5.74) is 0.247. The van der Waals surface area contributed by atoms with Gasteiger partial charge in [-0.3, -0.25) is 0 Å². The van der Waals surface area contributed by atoms with E-state index in [1.165, 1.54) is 12.1 Å². The molecule has 1 aliphatic heterocycles. The van der Waals surface area contributed by atoms with Gasteiger partial charge in [0, 0.05) is 11.1 Å². The van der Waals surface area contributed by atoms with E-state index in [-0.39, 0.29) is 33.5 Å². The predicted octanol–water partition coefficient (Wildman–Crippen LogP) is 3.69. The second kappa shape index (κ2) is 6.66. The van der Waals surface area contributed by atoms with Gasteiger partial charge in [0.15, 0.2) is 15.6 Å². The summed E-state index contributed by atoms with van der Waals surface area (Å²) < 4.78 is 53.0. The molecule has 1 heterocycles. The van der Waals surface area contributed by atoms with E-state index in [0.29, 0.717) is 17.9 Å². The molecule has 1 atom stereocenters. The van der Waals surface area contributed by atoms with Gasteiger partial charge < -0.3 is 10.1 Å². The molecule has 0 amide bonds. The molecule has 1 saturated heterocycles. The summed E-state index contributed by atoms with van der Waals surface area (Å²) >= 11 is 9.01. The number of hydrogen-bond acceptors (Lipinski definition) is 4. The van der Waals surface area contributed by atoms with Crippen molar-refractivity contribution in [3.8, 4) is 5.75 Å². The Morgan fingerprint density at radius 1 is 1.43 bits per heavy atom. The topological polar surface area (TPSA) is 55.4 Å². The molecule has 0 bridgehead atoms. The predicted molar refractivity (Wildman–Crippen MR) is 81.1 cm³/mol. The van der Waals surface area contributed by atoms with Crippen molar-refractivity contribution in [2.24, 2.45) is 0 Å². The molecule has 0 radical (unpaired) electrons. The molecule has 118 valence electrons. The van der Waals surface area contributed by atoms with Crippen molar-refractivity contribution in [2.75, 3.05) is 16.8 Å². The fraction of sp³-hybridized carbons (Fsp3) is 0.500. The minimum atomic E-state index is -3.10. The van der Waals surface area contributed by atoms with Crippen LogP contribution in [0, 0.1) is 0 Å². The molecule has 1 N–H and O–H groups in total. The lowest BCUT2D eigenvalue weighted by Crippen LogP contribution is -2.35. The summed E-state index contributed by atoms with van der Waals surface area (Å²) in [5, 5.41) is 3.26. The first-order valence-corrected chi connectivity index (χ1v) is 9.17. The second-order valence-corrected chi connectivity index (χ2v) is 8.26. The highest BCUT2D eigenvalue weighted by atomic mass is 79.9. The van der Waals surface area contributed by atoms with Gasteiger partial charge in [-0.2, -0.15) is 8.78 Å². The van der Waals surface area contributed by atoms with Crippen LogP contribution in [0.15, 0.2) is 16.6 Å². The van der Waals surface area contributed by atoms with Crippen molar-refractivity contribution in [3.63, 3.8) is 0 Å². The Morgan fingerprint density at radius 2 is 2.14 bits per heavy atom. The highest BCUT2D eigenvalue weighted by Crippen LogP contribution is 2.38. The maximum absolute atomic E-state index is 12.5. The summed E-state index contributed by atoms with van der Waals surface area (Å²) in [6.45, 7) is -2.99. The number of nitrogens with one attached hydrogen (secondary N) is 1.